The van der Waals surface area contributed by atoms with Gasteiger partial charge in [0.05, 0.1) is 5.92 Å². The highest BCUT2D eigenvalue weighted by Gasteiger charge is 2.29. The smallest absolute Gasteiger partial charge is 0.222 e. The van der Waals surface area contributed by atoms with Crippen LogP contribution in [-0.2, 0) is 11.3 Å². The van der Waals surface area contributed by atoms with E-state index < -0.39 is 17.5 Å². The fourth-order valence-corrected chi connectivity index (χ4v) is 2.66. The second-order valence-corrected chi connectivity index (χ2v) is 5.14. The van der Waals surface area contributed by atoms with Gasteiger partial charge < -0.3 is 11.1 Å². The molecule has 6 heteroatoms. The van der Waals surface area contributed by atoms with Crippen molar-refractivity contribution in [3.05, 3.63) is 35.1 Å². The molecule has 1 aliphatic rings. The lowest BCUT2D eigenvalue weighted by Gasteiger charge is -2.30. The molecule has 1 amide bonds. The van der Waals surface area contributed by atoms with Crippen LogP contribution in [0, 0.1) is 23.4 Å². The van der Waals surface area contributed by atoms with E-state index in [-0.39, 0.29) is 30.0 Å². The van der Waals surface area contributed by atoms with Gasteiger partial charge in [-0.2, -0.15) is 0 Å². The van der Waals surface area contributed by atoms with E-state index in [1.807, 2.05) is 0 Å². The number of hydrogen-bond acceptors (Lipinski definition) is 2. The number of carbonyl (C=O) groups is 1. The van der Waals surface area contributed by atoms with Gasteiger partial charge >= 0.3 is 0 Å². The van der Waals surface area contributed by atoms with Gasteiger partial charge in [0, 0.05) is 24.2 Å². The lowest BCUT2D eigenvalue weighted by molar-refractivity contribution is -0.123. The molecule has 20 heavy (non-hydrogen) atoms. The number of nitrogens with one attached hydrogen (secondary N) is 1. The lowest BCUT2D eigenvalue weighted by Crippen LogP contribution is -2.44. The summed E-state index contributed by atoms with van der Waals surface area (Å²) in [6.07, 6.45) is 3.36. The molecule has 1 fully saturated rings. The van der Waals surface area contributed by atoms with Crippen molar-refractivity contribution in [2.75, 3.05) is 0 Å². The number of primary amides is 1. The molecule has 0 radical (unpaired) electrons. The summed E-state index contributed by atoms with van der Waals surface area (Å²) in [5.74, 6) is -3.77. The van der Waals surface area contributed by atoms with Crippen molar-refractivity contribution in [2.45, 2.75) is 38.3 Å². The van der Waals surface area contributed by atoms with Gasteiger partial charge in [-0.3, -0.25) is 4.79 Å². The molecule has 0 saturated heterocycles. The van der Waals surface area contributed by atoms with Crippen molar-refractivity contribution in [3.63, 3.8) is 0 Å². The molecular weight excluding hydrogens is 269 g/mol. The van der Waals surface area contributed by atoms with Gasteiger partial charge in [-0.25, -0.2) is 13.2 Å². The summed E-state index contributed by atoms with van der Waals surface area (Å²) in [5, 5.41) is 3.03. The first-order valence-electron chi connectivity index (χ1n) is 6.65. The zero-order valence-corrected chi connectivity index (χ0v) is 11.0. The van der Waals surface area contributed by atoms with E-state index in [0.29, 0.717) is 12.5 Å². The van der Waals surface area contributed by atoms with Crippen LogP contribution in [0.2, 0.25) is 0 Å². The molecule has 0 heterocycles. The van der Waals surface area contributed by atoms with Crippen LogP contribution in [0.15, 0.2) is 12.1 Å². The van der Waals surface area contributed by atoms with Gasteiger partial charge in [0.25, 0.3) is 0 Å². The second-order valence-electron chi connectivity index (χ2n) is 5.14. The van der Waals surface area contributed by atoms with Crippen molar-refractivity contribution in [2.24, 2.45) is 11.7 Å². The minimum Gasteiger partial charge on any atom is -0.369 e. The van der Waals surface area contributed by atoms with E-state index >= 15 is 0 Å². The topological polar surface area (TPSA) is 55.1 Å². The zero-order chi connectivity index (χ0) is 14.7. The van der Waals surface area contributed by atoms with E-state index in [0.717, 1.165) is 25.3 Å². The molecule has 1 saturated carbocycles. The second kappa shape index (κ2) is 6.26. The maximum Gasteiger partial charge on any atom is 0.222 e. The number of rotatable bonds is 4. The number of nitrogens with two attached hydrogens (primary N) is 1. The molecule has 0 aliphatic heterocycles. The molecule has 1 aromatic carbocycles. The Kier molecular flexibility index (Phi) is 4.65. The predicted molar refractivity (Wildman–Crippen MR) is 68.1 cm³/mol. The summed E-state index contributed by atoms with van der Waals surface area (Å²) >= 11 is 0. The first kappa shape index (κ1) is 14.8. The third-order valence-electron chi connectivity index (χ3n) is 3.78. The molecule has 2 atom stereocenters. The first-order valence-corrected chi connectivity index (χ1v) is 6.65. The Morgan fingerprint density at radius 1 is 1.15 bits per heavy atom. The van der Waals surface area contributed by atoms with E-state index in [2.05, 4.69) is 5.32 Å². The van der Waals surface area contributed by atoms with Gasteiger partial charge in [0.2, 0.25) is 5.91 Å². The fraction of sp³-hybridized carbons (Fsp3) is 0.500. The average Bonchev–Trinajstić information content (AvgIpc) is 2.41. The molecule has 1 aromatic rings. The molecule has 0 bridgehead atoms. The summed E-state index contributed by atoms with van der Waals surface area (Å²) in [6, 6.07) is 1.22. The molecule has 1 aliphatic carbocycles. The van der Waals surface area contributed by atoms with E-state index in [1.165, 1.54) is 0 Å². The van der Waals surface area contributed by atoms with Crippen LogP contribution in [0.25, 0.3) is 0 Å². The van der Waals surface area contributed by atoms with E-state index in [1.54, 1.807) is 0 Å². The van der Waals surface area contributed by atoms with Gasteiger partial charge in [0.15, 0.2) is 11.6 Å². The van der Waals surface area contributed by atoms with Crippen LogP contribution in [0.3, 0.4) is 0 Å². The highest BCUT2D eigenvalue weighted by atomic mass is 19.2. The number of carbonyl (C=O) groups excluding carboxylic acids is 1. The van der Waals surface area contributed by atoms with Crippen LogP contribution in [0.4, 0.5) is 13.2 Å². The Balaban J connectivity index is 2.04. The summed E-state index contributed by atoms with van der Waals surface area (Å²) in [6.45, 7) is 0.0392. The first-order chi connectivity index (χ1) is 9.49. The molecule has 2 rings (SSSR count). The van der Waals surface area contributed by atoms with Gasteiger partial charge in [-0.1, -0.05) is 12.8 Å². The normalized spacial score (nSPS) is 22.8. The summed E-state index contributed by atoms with van der Waals surface area (Å²) in [7, 11) is 0. The maximum atomic E-state index is 13.5. The molecule has 3 N–H and O–H groups in total. The van der Waals surface area contributed by atoms with Crippen molar-refractivity contribution < 1.29 is 18.0 Å². The van der Waals surface area contributed by atoms with Crippen LogP contribution >= 0.6 is 0 Å². The van der Waals surface area contributed by atoms with Crippen molar-refractivity contribution in [1.82, 2.24) is 5.32 Å². The average molecular weight is 286 g/mol. The Morgan fingerprint density at radius 3 is 2.50 bits per heavy atom. The van der Waals surface area contributed by atoms with Crippen molar-refractivity contribution >= 4 is 5.91 Å². The highest BCUT2D eigenvalue weighted by molar-refractivity contribution is 5.77. The molecule has 0 aromatic heterocycles. The van der Waals surface area contributed by atoms with Gasteiger partial charge in [0.1, 0.15) is 5.82 Å². The minimum absolute atomic E-state index is 0.0392. The monoisotopic (exact) mass is 286 g/mol. The van der Waals surface area contributed by atoms with Crippen molar-refractivity contribution in [1.29, 1.82) is 0 Å². The number of hydrogen-bond donors (Lipinski definition) is 2. The van der Waals surface area contributed by atoms with Gasteiger partial charge in [-0.05, 0) is 18.9 Å². The number of halogens is 3. The lowest BCUT2D eigenvalue weighted by atomic mass is 9.84. The number of amides is 1. The van der Waals surface area contributed by atoms with Crippen LogP contribution < -0.4 is 11.1 Å². The molecule has 3 nitrogen and oxygen atoms in total. The standard InChI is InChI=1S/C14H17F3N2O/c15-10-6-12(17)11(16)5-8(10)7-19-13-4-2-1-3-9(13)14(18)20/h5-6,9,13,19H,1-4,7H2,(H2,18,20). The predicted octanol–water partition coefficient (Wildman–Crippen LogP) is 2.24. The molecular formula is C14H17F3N2O. The number of benzene rings is 1. The Labute approximate surface area is 115 Å². The molecule has 110 valence electrons. The van der Waals surface area contributed by atoms with E-state index in [4.69, 9.17) is 5.73 Å². The Bertz CT molecular complexity index is 507. The third-order valence-corrected chi connectivity index (χ3v) is 3.78. The maximum absolute atomic E-state index is 13.5. The zero-order valence-electron chi connectivity index (χ0n) is 11.0. The summed E-state index contributed by atoms with van der Waals surface area (Å²) in [4.78, 5) is 11.3. The van der Waals surface area contributed by atoms with Crippen molar-refractivity contribution in [3.8, 4) is 0 Å². The summed E-state index contributed by atoms with van der Waals surface area (Å²) in [5.41, 5.74) is 5.38. The van der Waals surface area contributed by atoms with Gasteiger partial charge in [-0.15, -0.1) is 0 Å². The quantitative estimate of drug-likeness (QED) is 0.834. The van der Waals surface area contributed by atoms with Crippen LogP contribution in [-0.4, -0.2) is 11.9 Å². The molecule has 2 unspecified atom stereocenters. The SMILES string of the molecule is NC(=O)C1CCCCC1NCc1cc(F)c(F)cc1F. The molecule has 0 spiro atoms. The van der Waals surface area contributed by atoms with Crippen LogP contribution in [0.5, 0.6) is 0 Å². The third kappa shape index (κ3) is 3.30. The minimum atomic E-state index is -1.21. The Morgan fingerprint density at radius 2 is 1.80 bits per heavy atom. The fourth-order valence-electron chi connectivity index (χ4n) is 2.66. The summed E-state index contributed by atoms with van der Waals surface area (Å²) < 4.78 is 39.4. The Hall–Kier alpha value is -1.56. The highest BCUT2D eigenvalue weighted by Crippen LogP contribution is 2.24. The van der Waals surface area contributed by atoms with E-state index in [9.17, 15) is 18.0 Å². The largest absolute Gasteiger partial charge is 0.369 e. The van der Waals surface area contributed by atoms with Crippen LogP contribution in [0.1, 0.15) is 31.2 Å².